The highest BCUT2D eigenvalue weighted by Crippen LogP contribution is 2.42. The number of aromatic amines is 1. The molecule has 1 atom stereocenters. The maximum Gasteiger partial charge on any atom is 0.203 e. The average molecular weight is 466 g/mol. The zero-order valence-electron chi connectivity index (χ0n) is 15.1. The van der Waals surface area contributed by atoms with E-state index in [0.29, 0.717) is 17.2 Å². The van der Waals surface area contributed by atoms with Crippen LogP contribution in [0.4, 0.5) is 0 Å². The first-order valence-corrected chi connectivity index (χ1v) is 8.39. The molecule has 1 unspecified atom stereocenters. The Bertz CT molecular complexity index is 898. The lowest BCUT2D eigenvalue weighted by molar-refractivity contribution is 0.323. The van der Waals surface area contributed by atoms with Crippen molar-refractivity contribution in [3.63, 3.8) is 0 Å². The van der Waals surface area contributed by atoms with E-state index in [0.717, 1.165) is 18.5 Å². The molecule has 0 aliphatic carbocycles. The second-order valence-corrected chi connectivity index (χ2v) is 6.16. The van der Waals surface area contributed by atoms with Crippen LogP contribution in [0.15, 0.2) is 36.4 Å². The Labute approximate surface area is 170 Å². The molecule has 0 saturated carbocycles. The zero-order valence-corrected chi connectivity index (χ0v) is 17.4. The largest absolute Gasteiger partial charge is 0.493 e. The van der Waals surface area contributed by atoms with Crippen molar-refractivity contribution in [1.29, 1.82) is 0 Å². The first kappa shape index (κ1) is 18.8. The number of nitrogens with one attached hydrogen (secondary N) is 2. The number of rotatable bonds is 4. The fraction of sp³-hybridized carbons (Fsp3) is 0.300. The average Bonchev–Trinajstić information content (AvgIpc) is 3.05. The molecule has 0 radical (unpaired) electrons. The highest BCUT2D eigenvalue weighted by molar-refractivity contribution is 14.0. The van der Waals surface area contributed by atoms with Gasteiger partial charge < -0.3 is 24.5 Å². The third-order valence-corrected chi connectivity index (χ3v) is 4.88. The van der Waals surface area contributed by atoms with Crippen LogP contribution >= 0.6 is 24.0 Å². The molecule has 3 aromatic rings. The van der Waals surface area contributed by atoms with Gasteiger partial charge in [-0.15, -0.1) is 24.0 Å². The summed E-state index contributed by atoms with van der Waals surface area (Å²) in [4.78, 5) is 3.59. The second kappa shape index (κ2) is 7.75. The molecule has 138 valence electrons. The number of benzene rings is 2. The standard InChI is InChI=1S/C20H22N2O3.HI/c1-23-16-10-12(11-17(24-2)20(16)25-3)18-19-14(8-9-21-18)13-6-4-5-7-15(13)22-19;/h4-7,10-11,18,21-22H,8-9H2,1-3H3;1H. The van der Waals surface area contributed by atoms with E-state index in [1.54, 1.807) is 21.3 Å². The van der Waals surface area contributed by atoms with E-state index in [4.69, 9.17) is 14.2 Å². The van der Waals surface area contributed by atoms with Crippen molar-refractivity contribution < 1.29 is 14.2 Å². The van der Waals surface area contributed by atoms with Crippen molar-refractivity contribution in [2.45, 2.75) is 12.5 Å². The van der Waals surface area contributed by atoms with Crippen LogP contribution in [-0.4, -0.2) is 32.9 Å². The Kier molecular flexibility index (Phi) is 5.62. The van der Waals surface area contributed by atoms with Crippen LogP contribution in [0.1, 0.15) is 22.9 Å². The van der Waals surface area contributed by atoms with Gasteiger partial charge in [-0.1, -0.05) is 18.2 Å². The van der Waals surface area contributed by atoms with E-state index in [2.05, 4.69) is 34.6 Å². The summed E-state index contributed by atoms with van der Waals surface area (Å²) in [6.07, 6.45) is 1.01. The predicted octanol–water partition coefficient (Wildman–Crippen LogP) is 4.05. The van der Waals surface area contributed by atoms with Crippen molar-refractivity contribution in [1.82, 2.24) is 10.3 Å². The predicted molar refractivity (Wildman–Crippen MR) is 113 cm³/mol. The number of halogens is 1. The Balaban J connectivity index is 0.00000196. The third-order valence-electron chi connectivity index (χ3n) is 4.88. The van der Waals surface area contributed by atoms with Gasteiger partial charge in [0, 0.05) is 23.1 Å². The summed E-state index contributed by atoms with van der Waals surface area (Å²) in [6, 6.07) is 12.5. The van der Waals surface area contributed by atoms with Crippen molar-refractivity contribution in [2.75, 3.05) is 27.9 Å². The number of aromatic nitrogens is 1. The maximum absolute atomic E-state index is 5.51. The van der Waals surface area contributed by atoms with Gasteiger partial charge in [0.1, 0.15) is 0 Å². The molecule has 0 amide bonds. The smallest absolute Gasteiger partial charge is 0.203 e. The minimum absolute atomic E-state index is 0. The monoisotopic (exact) mass is 466 g/mol. The fourth-order valence-electron chi connectivity index (χ4n) is 3.73. The third kappa shape index (κ3) is 3.01. The number of H-pyrrole nitrogens is 1. The van der Waals surface area contributed by atoms with E-state index in [9.17, 15) is 0 Å². The minimum Gasteiger partial charge on any atom is -0.493 e. The molecule has 1 aromatic heterocycles. The van der Waals surface area contributed by atoms with E-state index in [1.165, 1.54) is 22.2 Å². The van der Waals surface area contributed by atoms with Crippen molar-refractivity contribution in [3.8, 4) is 17.2 Å². The molecule has 0 saturated heterocycles. The summed E-state index contributed by atoms with van der Waals surface area (Å²) in [5.41, 5.74) is 4.85. The second-order valence-electron chi connectivity index (χ2n) is 6.16. The van der Waals surface area contributed by atoms with Crippen LogP contribution in [-0.2, 0) is 6.42 Å². The zero-order chi connectivity index (χ0) is 17.4. The van der Waals surface area contributed by atoms with Gasteiger partial charge in [0.2, 0.25) is 5.75 Å². The molecule has 26 heavy (non-hydrogen) atoms. The molecule has 2 aromatic carbocycles. The summed E-state index contributed by atoms with van der Waals surface area (Å²) in [6.45, 7) is 0.927. The van der Waals surface area contributed by atoms with Crippen LogP contribution in [0.2, 0.25) is 0 Å². The highest BCUT2D eigenvalue weighted by Gasteiger charge is 2.27. The van der Waals surface area contributed by atoms with E-state index < -0.39 is 0 Å². The van der Waals surface area contributed by atoms with Crippen LogP contribution in [0.25, 0.3) is 10.9 Å². The van der Waals surface area contributed by atoms with Crippen molar-refractivity contribution >= 4 is 34.9 Å². The van der Waals surface area contributed by atoms with Gasteiger partial charge in [-0.05, 0) is 35.7 Å². The number of fused-ring (bicyclic) bond motifs is 3. The molecule has 2 N–H and O–H groups in total. The van der Waals surface area contributed by atoms with Gasteiger partial charge in [0.25, 0.3) is 0 Å². The lowest BCUT2D eigenvalue weighted by Crippen LogP contribution is -2.30. The molecule has 1 aliphatic rings. The molecule has 5 nitrogen and oxygen atoms in total. The van der Waals surface area contributed by atoms with Crippen LogP contribution in [0, 0.1) is 0 Å². The molecule has 2 heterocycles. The number of hydrogen-bond donors (Lipinski definition) is 2. The maximum atomic E-state index is 5.51. The molecular weight excluding hydrogens is 443 g/mol. The van der Waals surface area contributed by atoms with E-state index in [-0.39, 0.29) is 30.0 Å². The Hall–Kier alpha value is -1.93. The quantitative estimate of drug-likeness (QED) is 0.570. The van der Waals surface area contributed by atoms with Gasteiger partial charge in [0.05, 0.1) is 27.4 Å². The number of hydrogen-bond acceptors (Lipinski definition) is 4. The molecule has 0 spiro atoms. The lowest BCUT2D eigenvalue weighted by Gasteiger charge is -2.26. The molecule has 6 heteroatoms. The SMILES string of the molecule is COc1cc(C2NCCc3c2[nH]c2ccccc32)cc(OC)c1OC.I. The summed E-state index contributed by atoms with van der Waals surface area (Å²) in [5.74, 6) is 1.95. The van der Waals surface area contributed by atoms with Gasteiger partial charge in [-0.3, -0.25) is 0 Å². The normalized spacial score (nSPS) is 15.9. The topological polar surface area (TPSA) is 55.5 Å². The Morgan fingerprint density at radius 3 is 2.31 bits per heavy atom. The van der Waals surface area contributed by atoms with Crippen molar-refractivity contribution in [2.24, 2.45) is 0 Å². The summed E-state index contributed by atoms with van der Waals surface area (Å²) < 4.78 is 16.5. The van der Waals surface area contributed by atoms with Gasteiger partial charge >= 0.3 is 0 Å². The van der Waals surface area contributed by atoms with Crippen LogP contribution < -0.4 is 19.5 Å². The summed E-state index contributed by atoms with van der Waals surface area (Å²) >= 11 is 0. The molecule has 1 aliphatic heterocycles. The first-order valence-electron chi connectivity index (χ1n) is 8.39. The minimum atomic E-state index is 0. The van der Waals surface area contributed by atoms with Crippen molar-refractivity contribution in [3.05, 3.63) is 53.2 Å². The summed E-state index contributed by atoms with van der Waals surface area (Å²) in [5, 5.41) is 4.91. The first-order chi connectivity index (χ1) is 12.3. The van der Waals surface area contributed by atoms with Crippen LogP contribution in [0.3, 0.4) is 0 Å². The highest BCUT2D eigenvalue weighted by atomic mass is 127. The van der Waals surface area contributed by atoms with E-state index in [1.807, 2.05) is 12.1 Å². The number of para-hydroxylation sites is 1. The fourth-order valence-corrected chi connectivity index (χ4v) is 3.73. The molecular formula is C20H23IN2O3. The molecule has 0 bridgehead atoms. The van der Waals surface area contributed by atoms with E-state index >= 15 is 0 Å². The number of ether oxygens (including phenoxy) is 3. The Morgan fingerprint density at radius 2 is 1.65 bits per heavy atom. The summed E-state index contributed by atoms with van der Waals surface area (Å²) in [7, 11) is 4.90. The lowest BCUT2D eigenvalue weighted by atomic mass is 9.94. The molecule has 4 rings (SSSR count). The van der Waals surface area contributed by atoms with Gasteiger partial charge in [-0.25, -0.2) is 0 Å². The molecule has 0 fully saturated rings. The number of methoxy groups -OCH3 is 3. The van der Waals surface area contributed by atoms with Crippen LogP contribution in [0.5, 0.6) is 17.2 Å². The van der Waals surface area contributed by atoms with Gasteiger partial charge in [-0.2, -0.15) is 0 Å². The Morgan fingerprint density at radius 1 is 0.962 bits per heavy atom. The van der Waals surface area contributed by atoms with Gasteiger partial charge in [0.15, 0.2) is 11.5 Å².